The van der Waals surface area contributed by atoms with Crippen molar-refractivity contribution >= 4 is 29.4 Å². The van der Waals surface area contributed by atoms with Crippen molar-refractivity contribution in [3.63, 3.8) is 0 Å². The lowest BCUT2D eigenvalue weighted by Crippen LogP contribution is -2.48. The fraction of sp³-hybridized carbons (Fsp3) is 0.600. The molecule has 2 heterocycles. The summed E-state index contributed by atoms with van der Waals surface area (Å²) in [5.74, 6) is 3.33. The summed E-state index contributed by atoms with van der Waals surface area (Å²) in [5, 5.41) is 23.3. The predicted octanol–water partition coefficient (Wildman–Crippen LogP) is 5.47. The summed E-state index contributed by atoms with van der Waals surface area (Å²) in [7, 11) is 3.45. The van der Waals surface area contributed by atoms with Crippen LogP contribution < -0.4 is 14.8 Å². The smallest absolute Gasteiger partial charge is 0.164 e. The van der Waals surface area contributed by atoms with Crippen molar-refractivity contribution < 1.29 is 19.7 Å². The van der Waals surface area contributed by atoms with E-state index < -0.39 is 0 Å². The molecule has 6 nitrogen and oxygen atoms in total. The van der Waals surface area contributed by atoms with Crippen LogP contribution in [0.3, 0.4) is 0 Å². The molecule has 6 rings (SSSR count). The Morgan fingerprint density at radius 2 is 1.61 bits per heavy atom. The van der Waals surface area contributed by atoms with Crippen LogP contribution in [0, 0.1) is 11.8 Å². The molecule has 0 spiro atoms. The molecule has 2 saturated heterocycles. The van der Waals surface area contributed by atoms with Crippen LogP contribution >= 0.6 is 29.4 Å². The number of nitrogens with zero attached hydrogens (tertiary/aromatic N) is 1. The van der Waals surface area contributed by atoms with Crippen LogP contribution in [0.25, 0.3) is 0 Å². The SMILES string of the molecule is Br.CCN1CCC[C@@H]2Cc3c(ccc(O)c3O)C[C@H]21.COc1ccc2c(c1OC)C[C@H]1CCCN[C@@H]1C2.Cl. The number of likely N-dealkylation sites (N-methyl/N-ethyl adjacent to an activating group) is 1. The molecular weight excluding hydrogens is 568 g/mol. The van der Waals surface area contributed by atoms with Crippen LogP contribution in [-0.2, 0) is 25.7 Å². The number of nitrogens with one attached hydrogen (secondary N) is 1. The fourth-order valence-electron chi connectivity index (χ4n) is 7.16. The molecule has 8 heteroatoms. The Morgan fingerprint density at radius 3 is 2.34 bits per heavy atom. The Morgan fingerprint density at radius 1 is 0.895 bits per heavy atom. The fourth-order valence-corrected chi connectivity index (χ4v) is 7.16. The number of fused-ring (bicyclic) bond motifs is 4. The van der Waals surface area contributed by atoms with E-state index in [0.717, 1.165) is 55.2 Å². The second-order valence-electron chi connectivity index (χ2n) is 10.9. The van der Waals surface area contributed by atoms with Gasteiger partial charge in [0, 0.05) is 23.2 Å². The van der Waals surface area contributed by atoms with Crippen LogP contribution in [0.5, 0.6) is 23.0 Å². The lowest BCUT2D eigenvalue weighted by Gasteiger charge is -2.44. The number of likely N-dealkylation sites (tertiary alicyclic amines) is 1. The van der Waals surface area contributed by atoms with Gasteiger partial charge in [0.05, 0.1) is 14.2 Å². The molecule has 0 radical (unpaired) electrons. The summed E-state index contributed by atoms with van der Waals surface area (Å²) in [6, 6.07) is 9.10. The van der Waals surface area contributed by atoms with Gasteiger partial charge in [0.2, 0.25) is 0 Å². The van der Waals surface area contributed by atoms with E-state index in [9.17, 15) is 10.2 Å². The Hall–Kier alpha value is -1.67. The minimum absolute atomic E-state index is 0. The quantitative estimate of drug-likeness (QED) is 0.400. The number of piperidine rings is 2. The number of hydrogen-bond acceptors (Lipinski definition) is 6. The van der Waals surface area contributed by atoms with E-state index in [1.54, 1.807) is 20.3 Å². The lowest BCUT2D eigenvalue weighted by molar-refractivity contribution is 0.0902. The number of ether oxygens (including phenoxy) is 2. The molecule has 0 bridgehead atoms. The van der Waals surface area contributed by atoms with E-state index in [1.165, 1.54) is 55.5 Å². The average Bonchev–Trinajstić information content (AvgIpc) is 2.92. The minimum Gasteiger partial charge on any atom is -0.504 e. The van der Waals surface area contributed by atoms with Crippen molar-refractivity contribution in [1.29, 1.82) is 0 Å². The van der Waals surface area contributed by atoms with Crippen LogP contribution in [0.4, 0.5) is 0 Å². The topological polar surface area (TPSA) is 74.2 Å². The van der Waals surface area contributed by atoms with Crippen molar-refractivity contribution in [1.82, 2.24) is 10.2 Å². The molecule has 3 N–H and O–H groups in total. The largest absolute Gasteiger partial charge is 0.504 e. The normalized spacial score (nSPS) is 25.4. The van der Waals surface area contributed by atoms with Crippen molar-refractivity contribution in [2.24, 2.45) is 11.8 Å². The highest BCUT2D eigenvalue weighted by molar-refractivity contribution is 8.93. The first-order valence-electron chi connectivity index (χ1n) is 13.8. The Kier molecular flexibility index (Phi) is 11.0. The number of phenols is 2. The lowest BCUT2D eigenvalue weighted by atomic mass is 9.75. The highest BCUT2D eigenvalue weighted by atomic mass is 79.9. The number of aromatic hydroxyl groups is 2. The highest BCUT2D eigenvalue weighted by Crippen LogP contribution is 2.42. The first-order valence-corrected chi connectivity index (χ1v) is 13.8. The molecule has 0 saturated carbocycles. The second kappa shape index (κ2) is 13.6. The zero-order valence-electron chi connectivity index (χ0n) is 22.9. The van der Waals surface area contributed by atoms with Crippen LogP contribution in [0.1, 0.15) is 54.9 Å². The summed E-state index contributed by atoms with van der Waals surface area (Å²) in [6.45, 7) is 5.72. The summed E-state index contributed by atoms with van der Waals surface area (Å²) >= 11 is 0. The van der Waals surface area contributed by atoms with Gasteiger partial charge >= 0.3 is 0 Å². The van der Waals surface area contributed by atoms with Gasteiger partial charge in [-0.15, -0.1) is 29.4 Å². The van der Waals surface area contributed by atoms with E-state index in [0.29, 0.717) is 18.0 Å². The standard InChI is InChI=1S/2C15H21NO2.BrH.ClH/c1-17-14-6-5-10-9-13-11(4-3-7-16-13)8-12(10)15(14)18-2;1-2-16-7-3-4-11-8-12-10(9-13(11)16)5-6-14(17)15(12)18;;/h5-6,11,13,16H,3-4,7-9H2,1-2H3;5-6,11,13,17-18H,2-4,7-9H2,1H3;2*1H/t2*11-,13-;;/m11../s1. The molecule has 0 unspecified atom stereocenters. The molecule has 2 aliphatic heterocycles. The van der Waals surface area contributed by atoms with Gasteiger partial charge in [-0.25, -0.2) is 0 Å². The molecule has 4 atom stereocenters. The monoisotopic (exact) mass is 610 g/mol. The number of methoxy groups -OCH3 is 2. The van der Waals surface area contributed by atoms with Gasteiger partial charge < -0.3 is 29.9 Å². The van der Waals surface area contributed by atoms with Gasteiger partial charge in [0.15, 0.2) is 23.0 Å². The van der Waals surface area contributed by atoms with Gasteiger partial charge in [-0.3, -0.25) is 0 Å². The molecule has 38 heavy (non-hydrogen) atoms. The number of phenolic OH excluding ortho intramolecular Hbond substituents is 2. The Bertz CT molecular complexity index is 1080. The minimum atomic E-state index is 0. The van der Waals surface area contributed by atoms with E-state index in [4.69, 9.17) is 9.47 Å². The van der Waals surface area contributed by atoms with Crippen LogP contribution in [-0.4, -0.2) is 61.1 Å². The third-order valence-electron chi connectivity index (χ3n) is 9.07. The maximum atomic E-state index is 9.99. The maximum absolute atomic E-state index is 9.99. The van der Waals surface area contributed by atoms with Crippen molar-refractivity contribution in [2.45, 2.75) is 70.4 Å². The maximum Gasteiger partial charge on any atom is 0.164 e. The summed E-state index contributed by atoms with van der Waals surface area (Å²) in [6.07, 6.45) is 9.30. The van der Waals surface area contributed by atoms with Gasteiger partial charge in [0.25, 0.3) is 0 Å². The van der Waals surface area contributed by atoms with Crippen molar-refractivity contribution in [2.75, 3.05) is 33.9 Å². The zero-order valence-corrected chi connectivity index (χ0v) is 25.4. The molecule has 2 aromatic rings. The predicted molar refractivity (Wildman–Crippen MR) is 160 cm³/mol. The third kappa shape index (κ3) is 6.06. The first kappa shape index (κ1) is 30.9. The van der Waals surface area contributed by atoms with Crippen molar-refractivity contribution in [3.8, 4) is 23.0 Å². The number of rotatable bonds is 3. The number of hydrogen-bond donors (Lipinski definition) is 3. The second-order valence-corrected chi connectivity index (χ2v) is 10.9. The first-order chi connectivity index (χ1) is 17.5. The summed E-state index contributed by atoms with van der Waals surface area (Å²) in [4.78, 5) is 2.57. The van der Waals surface area contributed by atoms with Crippen LogP contribution in [0.15, 0.2) is 24.3 Å². The van der Waals surface area contributed by atoms with E-state index in [-0.39, 0.29) is 40.9 Å². The van der Waals surface area contributed by atoms with Gasteiger partial charge in [0.1, 0.15) is 0 Å². The van der Waals surface area contributed by atoms with Gasteiger partial charge in [-0.05, 0) is 106 Å². The van der Waals surface area contributed by atoms with E-state index in [1.807, 2.05) is 12.1 Å². The molecule has 0 amide bonds. The highest BCUT2D eigenvalue weighted by Gasteiger charge is 2.36. The molecule has 0 aromatic heterocycles. The number of halogens is 2. The third-order valence-corrected chi connectivity index (χ3v) is 9.07. The molecule has 4 aliphatic rings. The molecular formula is C30H44BrClN2O4. The molecule has 2 aromatic carbocycles. The summed E-state index contributed by atoms with van der Waals surface area (Å²) < 4.78 is 11.0. The zero-order chi connectivity index (χ0) is 25.2. The summed E-state index contributed by atoms with van der Waals surface area (Å²) in [5.41, 5.74) is 4.98. The average molecular weight is 612 g/mol. The molecule has 2 fully saturated rings. The van der Waals surface area contributed by atoms with Crippen molar-refractivity contribution in [3.05, 3.63) is 46.5 Å². The van der Waals surface area contributed by atoms with E-state index in [2.05, 4.69) is 23.2 Å². The number of benzene rings is 2. The Balaban J connectivity index is 0.000000200. The molecule has 212 valence electrons. The van der Waals surface area contributed by atoms with Crippen LogP contribution in [0.2, 0.25) is 0 Å². The van der Waals surface area contributed by atoms with Gasteiger partial charge in [-0.1, -0.05) is 19.1 Å². The molecule has 2 aliphatic carbocycles. The van der Waals surface area contributed by atoms with Gasteiger partial charge in [-0.2, -0.15) is 0 Å². The Labute approximate surface area is 244 Å². The van der Waals surface area contributed by atoms with E-state index >= 15 is 0 Å².